The van der Waals surface area contributed by atoms with Gasteiger partial charge < -0.3 is 14.0 Å². The molecule has 1 saturated heterocycles. The lowest BCUT2D eigenvalue weighted by molar-refractivity contribution is -0.142. The standard InChI is InChI=1S/C14H22BFO4/c1-13(2)14(3,4)20-15(19-13)12(16)10-6-9(7-10)8-11(17)18-5/h9H,6-8H2,1-5H3. The van der Waals surface area contributed by atoms with Crippen LogP contribution in [0.2, 0.25) is 0 Å². The van der Waals surface area contributed by atoms with Gasteiger partial charge in [-0.2, -0.15) is 0 Å². The molecule has 0 aromatic carbocycles. The summed E-state index contributed by atoms with van der Waals surface area (Å²) in [4.78, 5) is 11.1. The van der Waals surface area contributed by atoms with Gasteiger partial charge in [-0.15, -0.1) is 0 Å². The summed E-state index contributed by atoms with van der Waals surface area (Å²) in [5.74, 6) is -0.0734. The molecule has 1 aliphatic carbocycles. The van der Waals surface area contributed by atoms with Crippen molar-refractivity contribution < 1.29 is 23.2 Å². The molecular formula is C14H22BFO4. The van der Waals surface area contributed by atoms with E-state index in [0.717, 1.165) is 0 Å². The van der Waals surface area contributed by atoms with Gasteiger partial charge in [0.05, 0.1) is 18.3 Å². The number of hydrogen-bond acceptors (Lipinski definition) is 4. The lowest BCUT2D eigenvalue weighted by atomic mass is 9.71. The Balaban J connectivity index is 1.96. The molecule has 1 saturated carbocycles. The van der Waals surface area contributed by atoms with Crippen LogP contribution in [0.4, 0.5) is 4.39 Å². The monoisotopic (exact) mass is 284 g/mol. The van der Waals surface area contributed by atoms with E-state index in [1.807, 2.05) is 27.7 Å². The van der Waals surface area contributed by atoms with E-state index < -0.39 is 18.3 Å². The summed E-state index contributed by atoms with van der Waals surface area (Å²) in [5, 5.41) is 0. The molecule has 1 heterocycles. The van der Waals surface area contributed by atoms with Crippen LogP contribution >= 0.6 is 0 Å². The zero-order chi connectivity index (χ0) is 15.1. The van der Waals surface area contributed by atoms with Crippen LogP contribution in [0.15, 0.2) is 11.3 Å². The zero-order valence-electron chi connectivity index (χ0n) is 12.8. The summed E-state index contributed by atoms with van der Waals surface area (Å²) in [6, 6.07) is 0. The van der Waals surface area contributed by atoms with Crippen molar-refractivity contribution in [2.24, 2.45) is 5.92 Å². The second-order valence-electron chi connectivity index (χ2n) is 6.59. The van der Waals surface area contributed by atoms with Crippen molar-refractivity contribution in [1.82, 2.24) is 0 Å². The Morgan fingerprint density at radius 3 is 2.25 bits per heavy atom. The Hall–Kier alpha value is -0.875. The van der Waals surface area contributed by atoms with E-state index in [4.69, 9.17) is 9.31 Å². The first-order valence-electron chi connectivity index (χ1n) is 6.96. The molecule has 112 valence electrons. The molecule has 20 heavy (non-hydrogen) atoms. The highest BCUT2D eigenvalue weighted by Crippen LogP contribution is 2.43. The van der Waals surface area contributed by atoms with Crippen LogP contribution in [-0.4, -0.2) is 31.4 Å². The first kappa shape index (κ1) is 15.5. The van der Waals surface area contributed by atoms with Crippen LogP contribution in [0, 0.1) is 5.92 Å². The third-order valence-corrected chi connectivity index (χ3v) is 4.55. The fourth-order valence-electron chi connectivity index (χ4n) is 2.41. The van der Waals surface area contributed by atoms with E-state index in [2.05, 4.69) is 4.74 Å². The van der Waals surface area contributed by atoms with Crippen LogP contribution in [0.5, 0.6) is 0 Å². The maximum absolute atomic E-state index is 14.3. The fraction of sp³-hybridized carbons (Fsp3) is 0.786. The number of carbonyl (C=O) groups excluding carboxylic acids is 1. The average Bonchev–Trinajstić information content (AvgIpc) is 2.51. The number of allylic oxidation sites excluding steroid dienone is 1. The molecule has 0 spiro atoms. The predicted molar refractivity (Wildman–Crippen MR) is 73.6 cm³/mol. The molecule has 0 N–H and O–H groups in total. The molecule has 0 aromatic rings. The maximum Gasteiger partial charge on any atom is 0.525 e. The largest absolute Gasteiger partial charge is 0.525 e. The molecule has 2 aliphatic rings. The molecule has 4 nitrogen and oxygen atoms in total. The highest BCUT2D eigenvalue weighted by atomic mass is 19.1. The van der Waals surface area contributed by atoms with E-state index in [0.29, 0.717) is 24.8 Å². The summed E-state index contributed by atoms with van der Waals surface area (Å²) in [7, 11) is 0.442. The minimum atomic E-state index is -0.922. The van der Waals surface area contributed by atoms with Crippen molar-refractivity contribution in [3.8, 4) is 0 Å². The zero-order valence-corrected chi connectivity index (χ0v) is 12.8. The van der Waals surface area contributed by atoms with Crippen molar-refractivity contribution in [3.63, 3.8) is 0 Å². The Labute approximate surface area is 119 Å². The number of hydrogen-bond donors (Lipinski definition) is 0. The molecule has 1 aliphatic heterocycles. The molecule has 0 aromatic heterocycles. The molecule has 0 amide bonds. The van der Waals surface area contributed by atoms with Gasteiger partial charge in [-0.3, -0.25) is 4.79 Å². The number of rotatable bonds is 3. The Morgan fingerprint density at radius 2 is 1.80 bits per heavy atom. The highest BCUT2D eigenvalue weighted by molar-refractivity contribution is 6.53. The number of halogens is 1. The van der Waals surface area contributed by atoms with Crippen LogP contribution in [0.25, 0.3) is 0 Å². The second-order valence-corrected chi connectivity index (χ2v) is 6.59. The van der Waals surface area contributed by atoms with Crippen LogP contribution in [-0.2, 0) is 18.8 Å². The summed E-state index contributed by atoms with van der Waals surface area (Å²) in [6.07, 6.45) is 1.49. The van der Waals surface area contributed by atoms with E-state index in [1.165, 1.54) is 7.11 Å². The lowest BCUT2D eigenvalue weighted by Crippen LogP contribution is -2.41. The molecule has 0 bridgehead atoms. The van der Waals surface area contributed by atoms with Gasteiger partial charge in [-0.1, -0.05) is 0 Å². The van der Waals surface area contributed by atoms with Gasteiger partial charge >= 0.3 is 13.1 Å². The van der Waals surface area contributed by atoms with Gasteiger partial charge in [0, 0.05) is 6.42 Å². The molecule has 0 atom stereocenters. The minimum absolute atomic E-state index is 0.172. The number of esters is 1. The van der Waals surface area contributed by atoms with Crippen molar-refractivity contribution in [3.05, 3.63) is 11.3 Å². The summed E-state index contributed by atoms with van der Waals surface area (Å²) < 4.78 is 30.3. The summed E-state index contributed by atoms with van der Waals surface area (Å²) in [5.41, 5.74) is -0.711. The fourth-order valence-corrected chi connectivity index (χ4v) is 2.41. The molecular weight excluding hydrogens is 262 g/mol. The molecule has 0 radical (unpaired) electrons. The van der Waals surface area contributed by atoms with Crippen molar-refractivity contribution in [1.29, 1.82) is 0 Å². The molecule has 0 unspecified atom stereocenters. The van der Waals surface area contributed by atoms with Gasteiger partial charge in [-0.05, 0) is 52.0 Å². The summed E-state index contributed by atoms with van der Waals surface area (Å²) >= 11 is 0. The normalized spacial score (nSPS) is 27.2. The molecule has 2 fully saturated rings. The number of carbonyl (C=O) groups is 1. The van der Waals surface area contributed by atoms with Crippen LogP contribution < -0.4 is 0 Å². The second kappa shape index (κ2) is 5.15. The Kier molecular flexibility index (Phi) is 3.99. The van der Waals surface area contributed by atoms with Crippen molar-refractivity contribution in [2.75, 3.05) is 7.11 Å². The predicted octanol–water partition coefficient (Wildman–Crippen LogP) is 2.81. The van der Waals surface area contributed by atoms with E-state index in [-0.39, 0.29) is 17.6 Å². The third-order valence-electron chi connectivity index (χ3n) is 4.55. The SMILES string of the molecule is COC(=O)CC1CC(=C(F)B2OC(C)(C)C(C)(C)O2)C1. The van der Waals surface area contributed by atoms with Crippen molar-refractivity contribution in [2.45, 2.75) is 58.2 Å². The van der Waals surface area contributed by atoms with Gasteiger partial charge in [-0.25, -0.2) is 4.39 Å². The van der Waals surface area contributed by atoms with Crippen molar-refractivity contribution >= 4 is 13.1 Å². The smallest absolute Gasteiger partial charge is 0.469 e. The summed E-state index contributed by atoms with van der Waals surface area (Å²) in [6.45, 7) is 7.58. The van der Waals surface area contributed by atoms with E-state index in [1.54, 1.807) is 0 Å². The topological polar surface area (TPSA) is 44.8 Å². The number of ether oxygens (including phenoxy) is 1. The molecule has 2 rings (SSSR count). The van der Waals surface area contributed by atoms with Gasteiger partial charge in [0.2, 0.25) is 0 Å². The lowest BCUT2D eigenvalue weighted by Gasteiger charge is -2.32. The van der Waals surface area contributed by atoms with Crippen LogP contribution in [0.3, 0.4) is 0 Å². The third kappa shape index (κ3) is 2.77. The maximum atomic E-state index is 14.3. The highest BCUT2D eigenvalue weighted by Gasteiger charge is 2.54. The van der Waals surface area contributed by atoms with Crippen LogP contribution in [0.1, 0.15) is 47.0 Å². The number of methoxy groups -OCH3 is 1. The quantitative estimate of drug-likeness (QED) is 0.590. The Bertz CT molecular complexity index is 420. The average molecular weight is 284 g/mol. The van der Waals surface area contributed by atoms with Gasteiger partial charge in [0.1, 0.15) is 5.73 Å². The Morgan fingerprint density at radius 1 is 1.30 bits per heavy atom. The molecule has 6 heteroatoms. The van der Waals surface area contributed by atoms with E-state index in [9.17, 15) is 9.18 Å². The van der Waals surface area contributed by atoms with E-state index >= 15 is 0 Å². The van der Waals surface area contributed by atoms with Gasteiger partial charge in [0.25, 0.3) is 0 Å². The minimum Gasteiger partial charge on any atom is -0.469 e. The van der Waals surface area contributed by atoms with Gasteiger partial charge in [0.15, 0.2) is 0 Å². The first-order valence-corrected chi connectivity index (χ1v) is 6.96. The first-order chi connectivity index (χ1) is 9.16.